The zero-order valence-corrected chi connectivity index (χ0v) is 4.51. The van der Waals surface area contributed by atoms with Gasteiger partial charge in [0.05, 0.1) is 5.50 Å². The molecule has 1 unspecified atom stereocenters. The molecule has 0 spiro atoms. The molecule has 0 aliphatic carbocycles. The van der Waals surface area contributed by atoms with E-state index < -0.39 is 0 Å². The SMILES string of the molecule is CC(N)Cl.Cl. The lowest BCUT2D eigenvalue weighted by Gasteiger charge is -1.78. The van der Waals surface area contributed by atoms with Crippen molar-refractivity contribution in [1.82, 2.24) is 0 Å². The lowest BCUT2D eigenvalue weighted by atomic mass is 10.8. The van der Waals surface area contributed by atoms with Crippen molar-refractivity contribution in [2.75, 3.05) is 0 Å². The van der Waals surface area contributed by atoms with Crippen molar-refractivity contribution in [2.45, 2.75) is 12.4 Å². The third-order valence-electron chi connectivity index (χ3n) is 0. The van der Waals surface area contributed by atoms with Crippen LogP contribution in [-0.4, -0.2) is 5.50 Å². The van der Waals surface area contributed by atoms with Gasteiger partial charge < -0.3 is 5.73 Å². The number of hydrogen-bond acceptors (Lipinski definition) is 1. The van der Waals surface area contributed by atoms with Crippen LogP contribution in [0.1, 0.15) is 6.92 Å². The summed E-state index contributed by atoms with van der Waals surface area (Å²) in [5, 5.41) is 0. The number of hydrogen-bond donors (Lipinski definition) is 1. The van der Waals surface area contributed by atoms with Gasteiger partial charge in [-0.2, -0.15) is 0 Å². The first-order chi connectivity index (χ1) is 1.73. The minimum absolute atomic E-state index is 0. The average molecular weight is 116 g/mol. The van der Waals surface area contributed by atoms with Gasteiger partial charge in [-0.05, 0) is 6.92 Å². The zero-order chi connectivity index (χ0) is 3.58. The second kappa shape index (κ2) is 4.54. The van der Waals surface area contributed by atoms with E-state index in [0.717, 1.165) is 0 Å². The summed E-state index contributed by atoms with van der Waals surface area (Å²) in [6, 6.07) is 0. The minimum atomic E-state index is -0.194. The van der Waals surface area contributed by atoms with Gasteiger partial charge in [0.2, 0.25) is 0 Å². The van der Waals surface area contributed by atoms with E-state index in [0.29, 0.717) is 0 Å². The molecule has 0 saturated carbocycles. The minimum Gasteiger partial charge on any atom is -0.316 e. The topological polar surface area (TPSA) is 26.0 Å². The molecule has 0 aliphatic rings. The van der Waals surface area contributed by atoms with Crippen LogP contribution in [0.5, 0.6) is 0 Å². The first kappa shape index (κ1) is 9.11. The Morgan fingerprint density at radius 1 is 1.80 bits per heavy atom. The van der Waals surface area contributed by atoms with Gasteiger partial charge >= 0.3 is 0 Å². The first-order valence-electron chi connectivity index (χ1n) is 1.13. The van der Waals surface area contributed by atoms with Crippen LogP contribution in [0.15, 0.2) is 0 Å². The van der Waals surface area contributed by atoms with Gasteiger partial charge in [0.15, 0.2) is 0 Å². The molecule has 0 aliphatic heterocycles. The maximum Gasteiger partial charge on any atom is 0.0771 e. The van der Waals surface area contributed by atoms with Crippen LogP contribution in [0, 0.1) is 0 Å². The van der Waals surface area contributed by atoms with Crippen molar-refractivity contribution in [3.63, 3.8) is 0 Å². The van der Waals surface area contributed by atoms with Gasteiger partial charge in [0.25, 0.3) is 0 Å². The maximum atomic E-state index is 5.05. The van der Waals surface area contributed by atoms with Crippen molar-refractivity contribution in [3.05, 3.63) is 0 Å². The van der Waals surface area contributed by atoms with Crippen molar-refractivity contribution >= 4 is 24.0 Å². The van der Waals surface area contributed by atoms with Gasteiger partial charge in [0, 0.05) is 0 Å². The Kier molecular flexibility index (Phi) is 8.27. The second-order valence-electron chi connectivity index (χ2n) is 0.678. The molecular weight excluding hydrogens is 109 g/mol. The van der Waals surface area contributed by atoms with E-state index >= 15 is 0 Å². The molecule has 0 bridgehead atoms. The van der Waals surface area contributed by atoms with Crippen molar-refractivity contribution in [3.8, 4) is 0 Å². The van der Waals surface area contributed by atoms with Gasteiger partial charge in [-0.15, -0.1) is 24.0 Å². The van der Waals surface area contributed by atoms with E-state index in [1.54, 1.807) is 6.92 Å². The van der Waals surface area contributed by atoms with Crippen LogP contribution in [0.4, 0.5) is 0 Å². The van der Waals surface area contributed by atoms with E-state index in [9.17, 15) is 0 Å². The predicted molar refractivity (Wildman–Crippen MR) is 26.8 cm³/mol. The highest BCUT2D eigenvalue weighted by Gasteiger charge is 1.70. The summed E-state index contributed by atoms with van der Waals surface area (Å²) in [6.07, 6.45) is 0. The molecule has 0 saturated heterocycles. The Bertz CT molecular complexity index is 12.4. The Hall–Kier alpha value is 0.540. The quantitative estimate of drug-likeness (QED) is 0.370. The number of alkyl halides is 1. The van der Waals surface area contributed by atoms with Gasteiger partial charge in [-0.25, -0.2) is 0 Å². The predicted octanol–water partition coefficient (Wildman–Crippen LogP) is 0.952. The summed E-state index contributed by atoms with van der Waals surface area (Å²) in [7, 11) is 0. The lowest BCUT2D eigenvalue weighted by Crippen LogP contribution is -2.03. The maximum absolute atomic E-state index is 5.05. The van der Waals surface area contributed by atoms with Crippen LogP contribution in [0.3, 0.4) is 0 Å². The third kappa shape index (κ3) is 100. The fourth-order valence-corrected chi connectivity index (χ4v) is 0. The molecule has 2 N–H and O–H groups in total. The summed E-state index contributed by atoms with van der Waals surface area (Å²) in [6.45, 7) is 1.71. The molecule has 0 radical (unpaired) electrons. The Morgan fingerprint density at radius 3 is 1.80 bits per heavy atom. The molecule has 0 aromatic carbocycles. The fraction of sp³-hybridized carbons (Fsp3) is 1.00. The highest BCUT2D eigenvalue weighted by atomic mass is 35.5. The van der Waals surface area contributed by atoms with E-state index in [1.165, 1.54) is 0 Å². The first-order valence-corrected chi connectivity index (χ1v) is 1.57. The monoisotopic (exact) mass is 115 g/mol. The molecule has 0 fully saturated rings. The van der Waals surface area contributed by atoms with Crippen molar-refractivity contribution < 1.29 is 0 Å². The summed E-state index contributed by atoms with van der Waals surface area (Å²) in [4.78, 5) is 0. The van der Waals surface area contributed by atoms with Crippen LogP contribution in [0.25, 0.3) is 0 Å². The Balaban J connectivity index is 0. The summed E-state index contributed by atoms with van der Waals surface area (Å²) in [5.74, 6) is 0. The van der Waals surface area contributed by atoms with Crippen LogP contribution in [0.2, 0.25) is 0 Å². The highest BCUT2D eigenvalue weighted by Crippen LogP contribution is 1.74. The molecule has 0 aromatic rings. The average Bonchev–Trinajstić information content (AvgIpc) is 0.811. The zero-order valence-electron chi connectivity index (χ0n) is 2.94. The molecule has 0 rings (SSSR count). The molecule has 34 valence electrons. The molecule has 1 atom stereocenters. The summed E-state index contributed by atoms with van der Waals surface area (Å²) >= 11 is 5.05. The van der Waals surface area contributed by atoms with Gasteiger partial charge in [-0.1, -0.05) is 0 Å². The molecule has 0 heterocycles. The molecule has 1 nitrogen and oxygen atoms in total. The van der Waals surface area contributed by atoms with E-state index in [1.807, 2.05) is 0 Å². The van der Waals surface area contributed by atoms with E-state index in [4.69, 9.17) is 17.3 Å². The largest absolute Gasteiger partial charge is 0.316 e. The van der Waals surface area contributed by atoms with Gasteiger partial charge in [-0.3, -0.25) is 0 Å². The molecule has 0 amide bonds. The standard InChI is InChI=1S/C2H6ClN.ClH/c1-2(3)4;/h2H,4H2,1H3;1H. The Morgan fingerprint density at radius 2 is 1.80 bits per heavy atom. The summed E-state index contributed by atoms with van der Waals surface area (Å²) in [5.41, 5.74) is 4.68. The fourth-order valence-electron chi connectivity index (χ4n) is 0. The van der Waals surface area contributed by atoms with Crippen molar-refractivity contribution in [1.29, 1.82) is 0 Å². The Labute approximate surface area is 42.9 Å². The molecular formula is C2H7Cl2N. The summed E-state index contributed by atoms with van der Waals surface area (Å²) < 4.78 is 0. The number of nitrogens with two attached hydrogens (primary N) is 1. The van der Waals surface area contributed by atoms with Crippen LogP contribution >= 0.6 is 24.0 Å². The molecule has 5 heavy (non-hydrogen) atoms. The molecule has 0 aromatic heterocycles. The molecule has 3 heteroatoms. The van der Waals surface area contributed by atoms with Crippen molar-refractivity contribution in [2.24, 2.45) is 5.73 Å². The second-order valence-corrected chi connectivity index (χ2v) is 1.37. The lowest BCUT2D eigenvalue weighted by molar-refractivity contribution is 1.03. The third-order valence-corrected chi connectivity index (χ3v) is 0. The van der Waals surface area contributed by atoms with Gasteiger partial charge in [0.1, 0.15) is 0 Å². The smallest absolute Gasteiger partial charge is 0.0771 e. The highest BCUT2D eigenvalue weighted by molar-refractivity contribution is 6.19. The number of rotatable bonds is 0. The van der Waals surface area contributed by atoms with Crippen LogP contribution in [-0.2, 0) is 0 Å². The normalized spacial score (nSPS) is 12.6. The van der Waals surface area contributed by atoms with E-state index in [2.05, 4.69) is 0 Å². The van der Waals surface area contributed by atoms with Crippen LogP contribution < -0.4 is 5.73 Å². The van der Waals surface area contributed by atoms with E-state index in [-0.39, 0.29) is 17.9 Å². The number of halogens is 2.